The summed E-state index contributed by atoms with van der Waals surface area (Å²) in [7, 11) is 1.62. The minimum absolute atomic E-state index is 0.137. The number of rotatable bonds is 3. The SMILES string of the molecule is Cc1ccc(Cc2cnc3c(O)c4c(c(-c5cc(F)cc(F)c5)c3c2)CN(C)C4=O)cc1. The Hall–Kier alpha value is -3.80. The molecule has 5 rings (SSSR count). The lowest BCUT2D eigenvalue weighted by Gasteiger charge is -2.15. The summed E-state index contributed by atoms with van der Waals surface area (Å²) in [5.41, 5.74) is 4.88. The van der Waals surface area contributed by atoms with E-state index in [9.17, 15) is 18.7 Å². The van der Waals surface area contributed by atoms with E-state index in [1.807, 2.05) is 37.3 Å². The van der Waals surface area contributed by atoms with E-state index >= 15 is 0 Å². The molecule has 0 aliphatic carbocycles. The zero-order valence-electron chi connectivity index (χ0n) is 17.6. The van der Waals surface area contributed by atoms with Crippen molar-refractivity contribution < 1.29 is 18.7 Å². The van der Waals surface area contributed by atoms with Crippen LogP contribution in [-0.2, 0) is 13.0 Å². The number of pyridine rings is 1. The molecule has 4 aromatic rings. The van der Waals surface area contributed by atoms with Gasteiger partial charge in [-0.15, -0.1) is 0 Å². The van der Waals surface area contributed by atoms with E-state index in [0.29, 0.717) is 28.5 Å². The first-order chi connectivity index (χ1) is 15.3. The molecule has 0 unspecified atom stereocenters. The van der Waals surface area contributed by atoms with Gasteiger partial charge in [0.2, 0.25) is 0 Å². The largest absolute Gasteiger partial charge is 0.505 e. The van der Waals surface area contributed by atoms with Crippen molar-refractivity contribution in [2.75, 3.05) is 7.05 Å². The van der Waals surface area contributed by atoms with Crippen LogP contribution in [0.15, 0.2) is 54.7 Å². The van der Waals surface area contributed by atoms with Gasteiger partial charge in [-0.05, 0) is 59.4 Å². The summed E-state index contributed by atoms with van der Waals surface area (Å²) in [6.07, 6.45) is 2.27. The van der Waals surface area contributed by atoms with Crippen LogP contribution in [0.2, 0.25) is 0 Å². The number of halogens is 2. The summed E-state index contributed by atoms with van der Waals surface area (Å²) in [5, 5.41) is 11.4. The number of benzene rings is 3. The fourth-order valence-corrected chi connectivity index (χ4v) is 4.39. The molecule has 1 amide bonds. The van der Waals surface area contributed by atoms with Crippen LogP contribution in [0, 0.1) is 18.6 Å². The van der Waals surface area contributed by atoms with Crippen LogP contribution in [0.1, 0.15) is 32.6 Å². The molecule has 0 saturated heterocycles. The van der Waals surface area contributed by atoms with Gasteiger partial charge in [-0.1, -0.05) is 29.8 Å². The van der Waals surface area contributed by atoms with E-state index in [-0.39, 0.29) is 29.3 Å². The molecule has 0 bridgehead atoms. The van der Waals surface area contributed by atoms with Gasteiger partial charge in [0.05, 0.1) is 5.56 Å². The Morgan fingerprint density at radius 2 is 1.69 bits per heavy atom. The van der Waals surface area contributed by atoms with E-state index in [2.05, 4.69) is 4.98 Å². The Labute approximate surface area is 183 Å². The van der Waals surface area contributed by atoms with E-state index in [0.717, 1.165) is 22.8 Å². The minimum atomic E-state index is -0.712. The van der Waals surface area contributed by atoms with Gasteiger partial charge in [-0.3, -0.25) is 9.78 Å². The van der Waals surface area contributed by atoms with E-state index < -0.39 is 11.6 Å². The maximum Gasteiger partial charge on any atom is 0.258 e. The minimum Gasteiger partial charge on any atom is -0.505 e. The summed E-state index contributed by atoms with van der Waals surface area (Å²) < 4.78 is 28.2. The summed E-state index contributed by atoms with van der Waals surface area (Å²) in [5.74, 6) is -1.97. The van der Waals surface area contributed by atoms with Crippen molar-refractivity contribution in [2.24, 2.45) is 0 Å². The predicted octanol–water partition coefficient (Wildman–Crippen LogP) is 5.37. The summed E-state index contributed by atoms with van der Waals surface area (Å²) >= 11 is 0. The molecule has 0 spiro atoms. The van der Waals surface area contributed by atoms with Crippen LogP contribution in [0.4, 0.5) is 8.78 Å². The highest BCUT2D eigenvalue weighted by Crippen LogP contribution is 2.44. The molecule has 160 valence electrons. The monoisotopic (exact) mass is 430 g/mol. The topological polar surface area (TPSA) is 53.4 Å². The Morgan fingerprint density at radius 3 is 2.38 bits per heavy atom. The van der Waals surface area contributed by atoms with Gasteiger partial charge in [-0.2, -0.15) is 0 Å². The second-order valence-corrected chi connectivity index (χ2v) is 8.30. The van der Waals surface area contributed by atoms with Crippen molar-refractivity contribution in [1.29, 1.82) is 0 Å². The maximum atomic E-state index is 14.1. The number of hydrogen-bond acceptors (Lipinski definition) is 3. The number of carbonyl (C=O) groups is 1. The van der Waals surface area contributed by atoms with Gasteiger partial charge < -0.3 is 10.0 Å². The smallest absolute Gasteiger partial charge is 0.258 e. The number of aromatic hydroxyl groups is 1. The van der Waals surface area contributed by atoms with Gasteiger partial charge in [0.1, 0.15) is 17.2 Å². The van der Waals surface area contributed by atoms with Crippen molar-refractivity contribution in [3.05, 3.63) is 94.2 Å². The molecule has 1 aliphatic rings. The van der Waals surface area contributed by atoms with Crippen LogP contribution in [0.3, 0.4) is 0 Å². The van der Waals surface area contributed by atoms with Crippen LogP contribution in [-0.4, -0.2) is 27.9 Å². The van der Waals surface area contributed by atoms with E-state index in [1.165, 1.54) is 17.0 Å². The van der Waals surface area contributed by atoms with Crippen molar-refractivity contribution in [3.63, 3.8) is 0 Å². The third-order valence-electron chi connectivity index (χ3n) is 5.91. The van der Waals surface area contributed by atoms with Crippen molar-refractivity contribution >= 4 is 16.8 Å². The number of fused-ring (bicyclic) bond motifs is 2. The van der Waals surface area contributed by atoms with Crippen LogP contribution in [0.5, 0.6) is 5.75 Å². The fourth-order valence-electron chi connectivity index (χ4n) is 4.39. The van der Waals surface area contributed by atoms with Gasteiger partial charge in [0, 0.05) is 31.2 Å². The number of amides is 1. The van der Waals surface area contributed by atoms with Crippen molar-refractivity contribution in [1.82, 2.24) is 9.88 Å². The third kappa shape index (κ3) is 3.28. The molecule has 0 atom stereocenters. The second kappa shape index (κ2) is 7.41. The first kappa shape index (κ1) is 20.1. The van der Waals surface area contributed by atoms with Crippen molar-refractivity contribution in [2.45, 2.75) is 19.9 Å². The molecule has 4 nitrogen and oxygen atoms in total. The highest BCUT2D eigenvalue weighted by Gasteiger charge is 2.33. The van der Waals surface area contributed by atoms with E-state index in [4.69, 9.17) is 0 Å². The summed E-state index contributed by atoms with van der Waals surface area (Å²) in [6, 6.07) is 13.3. The van der Waals surface area contributed by atoms with Gasteiger partial charge in [-0.25, -0.2) is 8.78 Å². The molecule has 0 saturated carbocycles. The lowest BCUT2D eigenvalue weighted by molar-refractivity contribution is 0.0814. The Kier molecular flexibility index (Phi) is 4.66. The van der Waals surface area contributed by atoms with Crippen LogP contribution < -0.4 is 0 Å². The molecular weight excluding hydrogens is 410 g/mol. The Balaban J connectivity index is 1.78. The normalized spacial score (nSPS) is 13.1. The summed E-state index contributed by atoms with van der Waals surface area (Å²) in [6.45, 7) is 2.25. The average molecular weight is 430 g/mol. The second-order valence-electron chi connectivity index (χ2n) is 8.30. The van der Waals surface area contributed by atoms with Crippen LogP contribution in [0.25, 0.3) is 22.0 Å². The molecule has 3 aromatic carbocycles. The molecule has 1 aliphatic heterocycles. The number of phenolic OH excluding ortho intramolecular Hbond substituents is 1. The Bertz CT molecular complexity index is 1380. The number of phenols is 1. The lowest BCUT2D eigenvalue weighted by atomic mass is 9.90. The first-order valence-electron chi connectivity index (χ1n) is 10.3. The molecule has 0 radical (unpaired) electrons. The maximum absolute atomic E-state index is 14.1. The van der Waals surface area contributed by atoms with Gasteiger partial charge in [0.25, 0.3) is 5.91 Å². The number of nitrogens with zero attached hydrogens (tertiary/aromatic N) is 2. The summed E-state index contributed by atoms with van der Waals surface area (Å²) in [4.78, 5) is 18.6. The fraction of sp³-hybridized carbons (Fsp3) is 0.154. The Morgan fingerprint density at radius 1 is 1.00 bits per heavy atom. The number of aromatic nitrogens is 1. The highest BCUT2D eigenvalue weighted by molar-refractivity contribution is 6.12. The predicted molar refractivity (Wildman–Crippen MR) is 119 cm³/mol. The standard InChI is InChI=1S/C26H20F2N2O2/c1-14-3-5-15(6-4-14)7-16-8-20-22(17-9-18(27)11-19(28)10-17)21-13-30(2)26(32)23(21)25(31)24(20)29-12-16/h3-6,8-12,31H,7,13H2,1-2H3. The van der Waals surface area contributed by atoms with E-state index in [1.54, 1.807) is 13.2 Å². The number of carbonyl (C=O) groups excluding carboxylic acids is 1. The van der Waals surface area contributed by atoms with Crippen molar-refractivity contribution in [3.8, 4) is 16.9 Å². The molecular formula is C26H20F2N2O2. The average Bonchev–Trinajstić information content (AvgIpc) is 3.03. The van der Waals surface area contributed by atoms with Gasteiger partial charge >= 0.3 is 0 Å². The van der Waals surface area contributed by atoms with Crippen LogP contribution >= 0.6 is 0 Å². The highest BCUT2D eigenvalue weighted by atomic mass is 19.1. The number of aryl methyl sites for hydroxylation is 1. The molecule has 6 heteroatoms. The quantitative estimate of drug-likeness (QED) is 0.475. The number of hydrogen-bond donors (Lipinski definition) is 1. The molecule has 1 aromatic heterocycles. The molecule has 0 fully saturated rings. The molecule has 32 heavy (non-hydrogen) atoms. The first-order valence-corrected chi connectivity index (χ1v) is 10.3. The zero-order chi connectivity index (χ0) is 22.6. The molecule has 2 heterocycles. The lowest BCUT2D eigenvalue weighted by Crippen LogP contribution is -2.17. The van der Waals surface area contributed by atoms with Gasteiger partial charge in [0.15, 0.2) is 5.75 Å². The zero-order valence-corrected chi connectivity index (χ0v) is 17.6. The third-order valence-corrected chi connectivity index (χ3v) is 5.91. The molecule has 1 N–H and O–H groups in total.